The number of aryl methyl sites for hydroxylation is 1. The van der Waals surface area contributed by atoms with E-state index in [1.54, 1.807) is 18.4 Å². The van der Waals surface area contributed by atoms with Gasteiger partial charge >= 0.3 is 0 Å². The first-order valence-corrected chi connectivity index (χ1v) is 10.4. The van der Waals surface area contributed by atoms with Crippen LogP contribution in [-0.4, -0.2) is 27.6 Å². The van der Waals surface area contributed by atoms with Crippen molar-refractivity contribution >= 4 is 23.1 Å². The number of thiophene rings is 1. The highest BCUT2D eigenvalue weighted by Gasteiger charge is 2.29. The summed E-state index contributed by atoms with van der Waals surface area (Å²) in [7, 11) is 1.70. The summed E-state index contributed by atoms with van der Waals surface area (Å²) in [6, 6.07) is 13.2. The Hall–Kier alpha value is -1.79. The second kappa shape index (κ2) is 7.62. The van der Waals surface area contributed by atoms with Gasteiger partial charge < -0.3 is 9.30 Å². The van der Waals surface area contributed by atoms with Crippen molar-refractivity contribution in [2.24, 2.45) is 0 Å². The largest absolute Gasteiger partial charge is 0.497 e. The minimum atomic E-state index is 0.605. The molecule has 0 radical (unpaired) electrons. The number of aromatic nitrogens is 3. The molecule has 0 saturated heterocycles. The molecule has 0 bridgehead atoms. The van der Waals surface area contributed by atoms with Crippen molar-refractivity contribution < 1.29 is 4.74 Å². The lowest BCUT2D eigenvalue weighted by Crippen LogP contribution is -2.04. The fourth-order valence-corrected chi connectivity index (χ4v) is 4.56. The number of hydrogen-bond acceptors (Lipinski definition) is 5. The van der Waals surface area contributed by atoms with Crippen LogP contribution in [0.3, 0.4) is 0 Å². The average Bonchev–Trinajstić information content (AvgIpc) is 3.20. The molecule has 4 rings (SSSR count). The molecular formula is C19H21N3OS2. The maximum absolute atomic E-state index is 5.21. The fourth-order valence-electron chi connectivity index (χ4n) is 2.85. The van der Waals surface area contributed by atoms with Crippen molar-refractivity contribution in [2.45, 2.75) is 36.9 Å². The van der Waals surface area contributed by atoms with E-state index >= 15 is 0 Å². The van der Waals surface area contributed by atoms with Gasteiger partial charge in [0.25, 0.3) is 0 Å². The molecule has 1 aromatic carbocycles. The second-order valence-electron chi connectivity index (χ2n) is 6.20. The van der Waals surface area contributed by atoms with E-state index in [0.717, 1.165) is 35.3 Å². The Morgan fingerprint density at radius 1 is 1.20 bits per heavy atom. The Bertz CT molecular complexity index is 808. The molecule has 25 heavy (non-hydrogen) atoms. The van der Waals surface area contributed by atoms with Crippen molar-refractivity contribution in [1.82, 2.24) is 14.8 Å². The number of thioether (sulfide) groups is 1. The molecule has 0 amide bonds. The number of hydrogen-bond donors (Lipinski definition) is 0. The van der Waals surface area contributed by atoms with Crippen molar-refractivity contribution in [1.29, 1.82) is 0 Å². The maximum Gasteiger partial charge on any atom is 0.191 e. The zero-order chi connectivity index (χ0) is 17.1. The van der Waals surface area contributed by atoms with Gasteiger partial charge in [0.1, 0.15) is 11.6 Å². The number of benzene rings is 1. The first-order chi connectivity index (χ1) is 12.3. The van der Waals surface area contributed by atoms with Gasteiger partial charge in [-0.05, 0) is 48.4 Å². The predicted octanol–water partition coefficient (Wildman–Crippen LogP) is 4.61. The van der Waals surface area contributed by atoms with Crippen LogP contribution in [0.2, 0.25) is 0 Å². The topological polar surface area (TPSA) is 39.9 Å². The van der Waals surface area contributed by atoms with Crippen LogP contribution in [0.25, 0.3) is 0 Å². The summed E-state index contributed by atoms with van der Waals surface area (Å²) in [6.07, 6.45) is 4.41. The van der Waals surface area contributed by atoms with Gasteiger partial charge in [0.15, 0.2) is 5.16 Å². The van der Waals surface area contributed by atoms with Gasteiger partial charge in [-0.25, -0.2) is 0 Å². The van der Waals surface area contributed by atoms with Crippen LogP contribution in [0.1, 0.15) is 35.1 Å². The van der Waals surface area contributed by atoms with Crippen molar-refractivity contribution in [3.8, 4) is 5.75 Å². The fraction of sp³-hybridized carbons (Fsp3) is 0.368. The second-order valence-corrected chi connectivity index (χ2v) is 8.30. The van der Waals surface area contributed by atoms with Gasteiger partial charge in [0, 0.05) is 23.1 Å². The minimum Gasteiger partial charge on any atom is -0.497 e. The highest BCUT2D eigenvalue weighted by molar-refractivity contribution is 7.99. The minimum absolute atomic E-state index is 0.605. The van der Waals surface area contributed by atoms with Crippen molar-refractivity contribution in [3.63, 3.8) is 0 Å². The van der Waals surface area contributed by atoms with E-state index < -0.39 is 0 Å². The third kappa shape index (κ3) is 4.07. The molecule has 0 unspecified atom stereocenters. The molecule has 6 heteroatoms. The van der Waals surface area contributed by atoms with Crippen LogP contribution in [-0.2, 0) is 12.8 Å². The molecule has 3 aromatic rings. The molecule has 0 N–H and O–H groups in total. The standard InChI is InChI=1S/C19H21N3OS2/c1-23-16-8-4-14(5-9-16)10-12-25-19-21-20-18(22(19)15-6-7-15)13-17-3-2-11-24-17/h2-5,8-9,11,15H,6-7,10,12-13H2,1H3. The third-order valence-electron chi connectivity index (χ3n) is 4.34. The van der Waals surface area contributed by atoms with E-state index in [1.165, 1.54) is 23.3 Å². The summed E-state index contributed by atoms with van der Waals surface area (Å²) < 4.78 is 7.59. The van der Waals surface area contributed by atoms with Gasteiger partial charge in [-0.2, -0.15) is 0 Å². The summed E-state index contributed by atoms with van der Waals surface area (Å²) in [6.45, 7) is 0. The van der Waals surface area contributed by atoms with E-state index in [-0.39, 0.29) is 0 Å². The SMILES string of the molecule is COc1ccc(CCSc2nnc(Cc3cccs3)n2C2CC2)cc1. The zero-order valence-corrected chi connectivity index (χ0v) is 15.9. The molecule has 130 valence electrons. The van der Waals surface area contributed by atoms with Gasteiger partial charge in [0.2, 0.25) is 0 Å². The lowest BCUT2D eigenvalue weighted by Gasteiger charge is -2.08. The van der Waals surface area contributed by atoms with Crippen LogP contribution >= 0.6 is 23.1 Å². The number of nitrogens with zero attached hydrogens (tertiary/aromatic N) is 3. The molecule has 1 saturated carbocycles. The summed E-state index contributed by atoms with van der Waals surface area (Å²) in [4.78, 5) is 1.35. The van der Waals surface area contributed by atoms with Crippen LogP contribution in [0, 0.1) is 0 Å². The Kier molecular flexibility index (Phi) is 5.08. The van der Waals surface area contributed by atoms with Crippen LogP contribution in [0.15, 0.2) is 46.9 Å². The number of methoxy groups -OCH3 is 1. The van der Waals surface area contributed by atoms with E-state index in [4.69, 9.17) is 4.74 Å². The average molecular weight is 372 g/mol. The molecule has 4 nitrogen and oxygen atoms in total. The smallest absolute Gasteiger partial charge is 0.191 e. The van der Waals surface area contributed by atoms with E-state index in [0.29, 0.717) is 6.04 Å². The molecule has 1 aliphatic carbocycles. The van der Waals surface area contributed by atoms with Crippen molar-refractivity contribution in [2.75, 3.05) is 12.9 Å². The summed E-state index contributed by atoms with van der Waals surface area (Å²) >= 11 is 3.60. The van der Waals surface area contributed by atoms with Crippen LogP contribution in [0.5, 0.6) is 5.75 Å². The molecule has 0 spiro atoms. The monoisotopic (exact) mass is 371 g/mol. The van der Waals surface area contributed by atoms with E-state index in [2.05, 4.69) is 44.4 Å². The first kappa shape index (κ1) is 16.7. The Labute approximate surface area is 156 Å². The van der Waals surface area contributed by atoms with Gasteiger partial charge in [-0.15, -0.1) is 21.5 Å². The molecule has 2 heterocycles. The predicted molar refractivity (Wildman–Crippen MR) is 103 cm³/mol. The molecule has 2 aromatic heterocycles. The van der Waals surface area contributed by atoms with E-state index in [9.17, 15) is 0 Å². The summed E-state index contributed by atoms with van der Waals surface area (Å²) in [5, 5.41) is 12.2. The molecule has 1 fully saturated rings. The number of ether oxygens (including phenoxy) is 1. The highest BCUT2D eigenvalue weighted by Crippen LogP contribution is 2.39. The van der Waals surface area contributed by atoms with Gasteiger partial charge in [0.05, 0.1) is 7.11 Å². The van der Waals surface area contributed by atoms with Gasteiger partial charge in [-0.1, -0.05) is 30.0 Å². The Morgan fingerprint density at radius 2 is 2.04 bits per heavy atom. The molecule has 0 atom stereocenters. The van der Waals surface area contributed by atoms with Crippen LogP contribution in [0.4, 0.5) is 0 Å². The Balaban J connectivity index is 1.40. The normalized spacial score (nSPS) is 14.0. The molecular weight excluding hydrogens is 350 g/mol. The quantitative estimate of drug-likeness (QED) is 0.542. The van der Waals surface area contributed by atoms with Crippen molar-refractivity contribution in [3.05, 3.63) is 58.0 Å². The lowest BCUT2D eigenvalue weighted by atomic mass is 10.2. The Morgan fingerprint density at radius 3 is 2.72 bits per heavy atom. The maximum atomic E-state index is 5.21. The zero-order valence-electron chi connectivity index (χ0n) is 14.2. The highest BCUT2D eigenvalue weighted by atomic mass is 32.2. The van der Waals surface area contributed by atoms with Gasteiger partial charge in [-0.3, -0.25) is 0 Å². The first-order valence-electron chi connectivity index (χ1n) is 8.55. The number of rotatable bonds is 8. The van der Waals surface area contributed by atoms with Crippen LogP contribution < -0.4 is 4.74 Å². The molecule has 1 aliphatic rings. The molecule has 0 aliphatic heterocycles. The van der Waals surface area contributed by atoms with E-state index in [1.807, 2.05) is 23.9 Å². The summed E-state index contributed by atoms with van der Waals surface area (Å²) in [5.74, 6) is 3.02. The lowest BCUT2D eigenvalue weighted by molar-refractivity contribution is 0.414. The summed E-state index contributed by atoms with van der Waals surface area (Å²) in [5.41, 5.74) is 1.32. The third-order valence-corrected chi connectivity index (χ3v) is 6.16.